The molecule has 4 heteroatoms. The number of fused-ring (bicyclic) bond motifs is 1. The maximum atomic E-state index is 13.1. The molecule has 5 rings (SSSR count). The van der Waals surface area contributed by atoms with Gasteiger partial charge in [-0.15, -0.1) is 0 Å². The van der Waals surface area contributed by atoms with Crippen LogP contribution in [0.15, 0.2) is 78.4 Å². The van der Waals surface area contributed by atoms with E-state index in [1.165, 1.54) is 16.7 Å². The Labute approximate surface area is 202 Å². The second-order valence-electron chi connectivity index (χ2n) is 9.40. The molecule has 0 radical (unpaired) electrons. The van der Waals surface area contributed by atoms with E-state index in [9.17, 15) is 4.79 Å². The molecule has 0 aromatic heterocycles. The zero-order valence-corrected chi connectivity index (χ0v) is 19.8. The molecule has 3 aromatic rings. The van der Waals surface area contributed by atoms with Gasteiger partial charge < -0.3 is 10.1 Å². The number of nitrogens with zero attached hydrogens (tertiary/aromatic N) is 1. The molecular weight excluding hydrogens is 420 g/mol. The topological polar surface area (TPSA) is 41.6 Å². The summed E-state index contributed by atoms with van der Waals surface area (Å²) in [5.74, 6) is 0.881. The highest BCUT2D eigenvalue weighted by Gasteiger charge is 2.23. The van der Waals surface area contributed by atoms with Gasteiger partial charge in [-0.05, 0) is 54.7 Å². The second kappa shape index (κ2) is 10.3. The molecular formula is C30H32N2O2. The Hall–Kier alpha value is -3.37. The predicted molar refractivity (Wildman–Crippen MR) is 138 cm³/mol. The molecule has 0 atom stereocenters. The van der Waals surface area contributed by atoms with Crippen molar-refractivity contribution in [1.29, 1.82) is 0 Å². The molecule has 2 aliphatic heterocycles. The van der Waals surface area contributed by atoms with Crippen LogP contribution >= 0.6 is 0 Å². The molecule has 3 aromatic carbocycles. The summed E-state index contributed by atoms with van der Waals surface area (Å²) >= 11 is 0. The fourth-order valence-corrected chi connectivity index (χ4v) is 4.78. The first-order chi connectivity index (χ1) is 16.6. The number of ether oxygens (including phenoxy) is 1. The van der Waals surface area contributed by atoms with Crippen molar-refractivity contribution < 1.29 is 9.53 Å². The maximum absolute atomic E-state index is 13.1. The van der Waals surface area contributed by atoms with Crippen molar-refractivity contribution in [3.05, 3.63) is 95.1 Å². The van der Waals surface area contributed by atoms with Gasteiger partial charge in [-0.2, -0.15) is 0 Å². The summed E-state index contributed by atoms with van der Waals surface area (Å²) in [6, 6.07) is 25.6. The smallest absolute Gasteiger partial charge is 0.247 e. The van der Waals surface area contributed by atoms with Gasteiger partial charge in [0.15, 0.2) is 0 Å². The zero-order chi connectivity index (χ0) is 23.3. The molecule has 174 valence electrons. The van der Waals surface area contributed by atoms with Gasteiger partial charge in [0.2, 0.25) is 5.91 Å². The standard InChI is InChI=1S/C30H32N2O2/c1-22-7-9-24(10-8-22)25-11-12-29-27(19-25)20-26(15-18-34-29)30(33)31-28-13-16-32(17-14-28)21-23-5-3-2-4-6-23/h2-12,19-20,28H,13-18,21H2,1H3,(H,31,33). The van der Waals surface area contributed by atoms with Crippen LogP contribution in [0.1, 0.15) is 36.0 Å². The monoisotopic (exact) mass is 452 g/mol. The number of benzene rings is 3. The van der Waals surface area contributed by atoms with Crippen LogP contribution in [0.4, 0.5) is 0 Å². The Morgan fingerprint density at radius 2 is 1.71 bits per heavy atom. The molecule has 1 amide bonds. The summed E-state index contributed by atoms with van der Waals surface area (Å²) in [6.07, 6.45) is 4.60. The molecule has 0 aliphatic carbocycles. The van der Waals surface area contributed by atoms with E-state index in [4.69, 9.17) is 4.74 Å². The molecule has 1 N–H and O–H groups in total. The number of hydrogen-bond acceptors (Lipinski definition) is 3. The van der Waals surface area contributed by atoms with E-state index >= 15 is 0 Å². The van der Waals surface area contributed by atoms with Gasteiger partial charge in [0.05, 0.1) is 6.61 Å². The van der Waals surface area contributed by atoms with E-state index in [1.54, 1.807) is 0 Å². The minimum atomic E-state index is 0.0405. The lowest BCUT2D eigenvalue weighted by atomic mass is 9.99. The fourth-order valence-electron chi connectivity index (χ4n) is 4.78. The quantitative estimate of drug-likeness (QED) is 0.547. The van der Waals surface area contributed by atoms with Gasteiger partial charge in [0.25, 0.3) is 0 Å². The number of hydrogen-bond donors (Lipinski definition) is 1. The van der Waals surface area contributed by atoms with E-state index in [0.717, 1.165) is 54.9 Å². The second-order valence-corrected chi connectivity index (χ2v) is 9.40. The third kappa shape index (κ3) is 5.40. The predicted octanol–water partition coefficient (Wildman–Crippen LogP) is 5.61. The first-order valence-corrected chi connectivity index (χ1v) is 12.3. The Morgan fingerprint density at radius 3 is 2.47 bits per heavy atom. The van der Waals surface area contributed by atoms with E-state index in [2.05, 4.69) is 83.9 Å². The maximum Gasteiger partial charge on any atom is 0.247 e. The summed E-state index contributed by atoms with van der Waals surface area (Å²) < 4.78 is 5.96. The number of rotatable bonds is 5. The van der Waals surface area contributed by atoms with Crippen LogP contribution in [-0.2, 0) is 11.3 Å². The molecule has 34 heavy (non-hydrogen) atoms. The Kier molecular flexibility index (Phi) is 6.77. The van der Waals surface area contributed by atoms with Crippen molar-refractivity contribution >= 4 is 12.0 Å². The summed E-state index contributed by atoms with van der Waals surface area (Å²) in [5.41, 5.74) is 6.65. The van der Waals surface area contributed by atoms with E-state index < -0.39 is 0 Å². The van der Waals surface area contributed by atoms with Crippen LogP contribution in [0.25, 0.3) is 17.2 Å². The number of carbonyl (C=O) groups is 1. The SMILES string of the molecule is Cc1ccc(-c2ccc3c(c2)C=C(C(=O)NC2CCN(Cc4ccccc4)CC2)CCO3)cc1. The van der Waals surface area contributed by atoms with Crippen LogP contribution in [-0.4, -0.2) is 36.5 Å². The van der Waals surface area contributed by atoms with Gasteiger partial charge in [-0.1, -0.05) is 66.2 Å². The Bertz CT molecular complexity index is 1160. The number of amides is 1. The van der Waals surface area contributed by atoms with Crippen molar-refractivity contribution in [2.24, 2.45) is 0 Å². The van der Waals surface area contributed by atoms with Crippen LogP contribution < -0.4 is 10.1 Å². The third-order valence-electron chi connectivity index (χ3n) is 6.82. The third-order valence-corrected chi connectivity index (χ3v) is 6.82. The fraction of sp³-hybridized carbons (Fsp3) is 0.300. The van der Waals surface area contributed by atoms with Crippen molar-refractivity contribution in [3.8, 4) is 16.9 Å². The molecule has 2 heterocycles. The molecule has 4 nitrogen and oxygen atoms in total. The normalized spacial score (nSPS) is 16.7. The average Bonchev–Trinajstić information content (AvgIpc) is 3.08. The zero-order valence-electron chi connectivity index (χ0n) is 19.8. The highest BCUT2D eigenvalue weighted by Crippen LogP contribution is 2.31. The van der Waals surface area contributed by atoms with Crippen molar-refractivity contribution in [2.45, 2.75) is 38.8 Å². The number of carbonyl (C=O) groups excluding carboxylic acids is 1. The largest absolute Gasteiger partial charge is 0.493 e. The lowest BCUT2D eigenvalue weighted by Crippen LogP contribution is -2.44. The van der Waals surface area contributed by atoms with Crippen molar-refractivity contribution in [2.75, 3.05) is 19.7 Å². The molecule has 1 fully saturated rings. The van der Waals surface area contributed by atoms with Gasteiger partial charge in [-0.25, -0.2) is 0 Å². The van der Waals surface area contributed by atoms with E-state index in [0.29, 0.717) is 13.0 Å². The highest BCUT2D eigenvalue weighted by molar-refractivity contribution is 5.98. The first-order valence-electron chi connectivity index (χ1n) is 12.3. The van der Waals surface area contributed by atoms with Gasteiger partial charge in [0.1, 0.15) is 5.75 Å². The molecule has 0 unspecified atom stereocenters. The first kappa shape index (κ1) is 22.4. The number of aryl methyl sites for hydroxylation is 1. The van der Waals surface area contributed by atoms with Crippen molar-refractivity contribution in [1.82, 2.24) is 10.2 Å². The van der Waals surface area contributed by atoms with E-state index in [1.807, 2.05) is 12.1 Å². The molecule has 0 spiro atoms. The summed E-state index contributed by atoms with van der Waals surface area (Å²) in [6.45, 7) is 5.60. The summed E-state index contributed by atoms with van der Waals surface area (Å²) in [4.78, 5) is 15.6. The van der Waals surface area contributed by atoms with Crippen molar-refractivity contribution in [3.63, 3.8) is 0 Å². The average molecular weight is 453 g/mol. The lowest BCUT2D eigenvalue weighted by molar-refractivity contribution is -0.118. The lowest BCUT2D eigenvalue weighted by Gasteiger charge is -2.32. The minimum Gasteiger partial charge on any atom is -0.493 e. The summed E-state index contributed by atoms with van der Waals surface area (Å²) in [7, 11) is 0. The number of likely N-dealkylation sites (tertiary alicyclic amines) is 1. The molecule has 2 aliphatic rings. The number of nitrogens with one attached hydrogen (secondary N) is 1. The van der Waals surface area contributed by atoms with E-state index in [-0.39, 0.29) is 11.9 Å². The van der Waals surface area contributed by atoms with Crippen LogP contribution in [0.3, 0.4) is 0 Å². The van der Waals surface area contributed by atoms with Gasteiger partial charge >= 0.3 is 0 Å². The number of piperidine rings is 1. The Balaban J connectivity index is 1.23. The van der Waals surface area contributed by atoms with Crippen LogP contribution in [0.5, 0.6) is 5.75 Å². The summed E-state index contributed by atoms with van der Waals surface area (Å²) in [5, 5.41) is 3.29. The molecule has 1 saturated heterocycles. The van der Waals surface area contributed by atoms with Gasteiger partial charge in [0, 0.05) is 43.2 Å². The minimum absolute atomic E-state index is 0.0405. The molecule has 0 saturated carbocycles. The highest BCUT2D eigenvalue weighted by atomic mass is 16.5. The Morgan fingerprint density at radius 1 is 0.971 bits per heavy atom. The molecule has 0 bridgehead atoms. The van der Waals surface area contributed by atoms with Gasteiger partial charge in [-0.3, -0.25) is 9.69 Å². The van der Waals surface area contributed by atoms with Crippen LogP contribution in [0, 0.1) is 6.92 Å². The van der Waals surface area contributed by atoms with Crippen LogP contribution in [0.2, 0.25) is 0 Å².